The van der Waals surface area contributed by atoms with E-state index in [4.69, 9.17) is 0 Å². The van der Waals surface area contributed by atoms with Gasteiger partial charge in [-0.3, -0.25) is 0 Å². The minimum atomic E-state index is 1.17. The lowest BCUT2D eigenvalue weighted by atomic mass is 9.91. The molecule has 2 nitrogen and oxygen atoms in total. The van der Waals surface area contributed by atoms with Crippen molar-refractivity contribution < 1.29 is 0 Å². The van der Waals surface area contributed by atoms with Crippen molar-refractivity contribution in [2.24, 2.45) is 0 Å². The molecule has 0 bridgehead atoms. The lowest BCUT2D eigenvalue weighted by molar-refractivity contribution is 1.25. The van der Waals surface area contributed by atoms with E-state index in [2.05, 4.69) is 192 Å². The minimum absolute atomic E-state index is 1.17. The third-order valence-electron chi connectivity index (χ3n) is 11.1. The predicted molar refractivity (Wildman–Crippen MR) is 230 cm³/mol. The lowest BCUT2D eigenvalue weighted by Crippen LogP contribution is -2.12. The fourth-order valence-electron chi connectivity index (χ4n) is 8.71. The van der Waals surface area contributed by atoms with Crippen molar-refractivity contribution in [3.05, 3.63) is 180 Å². The third kappa shape index (κ3) is 4.45. The van der Waals surface area contributed by atoms with Gasteiger partial charge in [0.1, 0.15) is 0 Å². The van der Waals surface area contributed by atoms with Gasteiger partial charge in [-0.25, -0.2) is 0 Å². The molecule has 0 atom stereocenters. The van der Waals surface area contributed by atoms with E-state index in [-0.39, 0.29) is 0 Å². The maximum Gasteiger partial charge on any atom is 0.0534 e. The number of hydrogen-bond acceptors (Lipinski definition) is 4. The second kappa shape index (κ2) is 11.6. The summed E-state index contributed by atoms with van der Waals surface area (Å²) < 4.78 is 0. The Morgan fingerprint density at radius 2 is 0.630 bits per heavy atom. The molecule has 4 aliphatic heterocycles. The van der Waals surface area contributed by atoms with Crippen LogP contribution in [-0.4, -0.2) is 0 Å². The van der Waals surface area contributed by atoms with Crippen LogP contribution in [0.5, 0.6) is 0 Å². The van der Waals surface area contributed by atoms with E-state index < -0.39 is 0 Å². The largest absolute Gasteiger partial charge is 0.309 e. The van der Waals surface area contributed by atoms with Gasteiger partial charge in [0.25, 0.3) is 0 Å². The Kier molecular flexibility index (Phi) is 6.53. The van der Waals surface area contributed by atoms with Gasteiger partial charge >= 0.3 is 0 Å². The number of nitrogens with zero attached hydrogens (tertiary/aromatic N) is 2. The van der Waals surface area contributed by atoms with Gasteiger partial charge in [0.15, 0.2) is 0 Å². The van der Waals surface area contributed by atoms with Crippen molar-refractivity contribution in [2.45, 2.75) is 19.6 Å². The Morgan fingerprint density at radius 1 is 0.296 bits per heavy atom. The molecular formula is C50H30N2S2. The highest BCUT2D eigenvalue weighted by atomic mass is 32.2. The fourth-order valence-corrected chi connectivity index (χ4v) is 11.0. The van der Waals surface area contributed by atoms with Gasteiger partial charge in [0.2, 0.25) is 0 Å². The van der Waals surface area contributed by atoms with E-state index >= 15 is 0 Å². The van der Waals surface area contributed by atoms with Crippen molar-refractivity contribution in [3.63, 3.8) is 0 Å². The summed E-state index contributed by atoms with van der Waals surface area (Å²) in [6.45, 7) is 0. The molecular weight excluding hydrogens is 693 g/mol. The quantitative estimate of drug-likeness (QED) is 0.175. The molecule has 0 radical (unpaired) electrons. The molecule has 0 saturated carbocycles. The van der Waals surface area contributed by atoms with Crippen molar-refractivity contribution in [1.29, 1.82) is 0 Å². The Balaban J connectivity index is 0.971. The summed E-state index contributed by atoms with van der Waals surface area (Å²) in [5.41, 5.74) is 17.2. The zero-order valence-corrected chi connectivity index (χ0v) is 30.7. The highest BCUT2D eigenvalue weighted by molar-refractivity contribution is 8.00. The minimum Gasteiger partial charge on any atom is -0.309 e. The molecule has 0 spiro atoms. The first kappa shape index (κ1) is 30.3. The zero-order chi connectivity index (χ0) is 35.3. The summed E-state index contributed by atoms with van der Waals surface area (Å²) >= 11 is 3.80. The summed E-state index contributed by atoms with van der Waals surface area (Å²) in [5.74, 6) is 0. The number of hydrogen-bond donors (Lipinski definition) is 0. The van der Waals surface area contributed by atoms with Crippen LogP contribution in [0.2, 0.25) is 0 Å². The highest BCUT2D eigenvalue weighted by Crippen LogP contribution is 2.57. The van der Waals surface area contributed by atoms with Crippen LogP contribution in [0.15, 0.2) is 177 Å². The summed E-state index contributed by atoms with van der Waals surface area (Å²) in [6, 6.07) is 58.3. The van der Waals surface area contributed by atoms with E-state index in [1.807, 2.05) is 23.5 Å². The average Bonchev–Trinajstić information content (AvgIpc) is 3.50. The maximum absolute atomic E-state index is 2.42. The monoisotopic (exact) mass is 722 g/mol. The predicted octanol–water partition coefficient (Wildman–Crippen LogP) is 15.0. The Morgan fingerprint density at radius 3 is 1.00 bits per heavy atom. The van der Waals surface area contributed by atoms with Crippen molar-refractivity contribution in [2.75, 3.05) is 9.80 Å². The smallest absolute Gasteiger partial charge is 0.0534 e. The van der Waals surface area contributed by atoms with Gasteiger partial charge in [-0.2, -0.15) is 0 Å². The molecule has 0 aromatic heterocycles. The second-order valence-corrected chi connectivity index (χ2v) is 16.3. The van der Waals surface area contributed by atoms with Crippen molar-refractivity contribution >= 4 is 92.7 Å². The fraction of sp³-hybridized carbons (Fsp3) is 0. The number of para-hydroxylation sites is 4. The third-order valence-corrected chi connectivity index (χ3v) is 13.4. The normalized spacial score (nSPS) is 13.9. The Labute approximate surface area is 322 Å². The van der Waals surface area contributed by atoms with E-state index in [0.717, 1.165) is 0 Å². The second-order valence-electron chi connectivity index (χ2n) is 14.1. The molecule has 12 rings (SSSR count). The van der Waals surface area contributed by atoms with Crippen LogP contribution in [0.3, 0.4) is 0 Å². The molecule has 0 fully saturated rings. The molecule has 0 amide bonds. The number of anilines is 6. The Hall–Kier alpha value is -6.20. The van der Waals surface area contributed by atoms with Gasteiger partial charge in [0.05, 0.1) is 22.7 Å². The molecule has 4 heteroatoms. The molecule has 0 unspecified atom stereocenters. The van der Waals surface area contributed by atoms with E-state index in [1.165, 1.54) is 109 Å². The molecule has 252 valence electrons. The standard InChI is InChI=1S/C50H30N2S2/c1-5-13-41-31(9-1)17-18-32-10-2-6-14-42(32)51(41)35-21-23-37-39-25-26-40-38-24-22-36(30-48(38)54-46-28-27-45(49(39)50(40)46)53-47(37)29-35)52-43-15-7-3-11-33(43)19-20-34-12-4-8-16-44(34)52/h1-30H. The first-order chi connectivity index (χ1) is 26.8. The van der Waals surface area contributed by atoms with Crippen LogP contribution < -0.4 is 9.80 Å². The number of fused-ring (bicyclic) bond motifs is 8. The van der Waals surface area contributed by atoms with E-state index in [1.54, 1.807) is 0 Å². The van der Waals surface area contributed by atoms with Gasteiger partial charge in [0, 0.05) is 41.7 Å². The van der Waals surface area contributed by atoms with Gasteiger partial charge in [-0.1, -0.05) is 145 Å². The topological polar surface area (TPSA) is 6.48 Å². The maximum atomic E-state index is 2.42. The van der Waals surface area contributed by atoms with Crippen LogP contribution in [0, 0.1) is 0 Å². The number of rotatable bonds is 2. The van der Waals surface area contributed by atoms with Crippen molar-refractivity contribution in [3.8, 4) is 22.3 Å². The first-order valence-corrected chi connectivity index (χ1v) is 20.0. The lowest BCUT2D eigenvalue weighted by Gasteiger charge is -2.31. The van der Waals surface area contributed by atoms with Gasteiger partial charge in [-0.05, 0) is 105 Å². The van der Waals surface area contributed by atoms with Crippen LogP contribution in [0.4, 0.5) is 34.1 Å². The van der Waals surface area contributed by atoms with Crippen LogP contribution in [0.25, 0.3) is 57.3 Å². The van der Waals surface area contributed by atoms with Crippen LogP contribution in [0.1, 0.15) is 22.3 Å². The summed E-state index contributed by atoms with van der Waals surface area (Å²) in [7, 11) is 0. The molecule has 0 saturated heterocycles. The van der Waals surface area contributed by atoms with Crippen LogP contribution >= 0.6 is 23.5 Å². The SMILES string of the molecule is C1=Cc2ccccc2N(c2ccc3c(c2)Sc2ccc4c5c(ccc-3c25)-c2ccc(N3c5ccccc5C=Cc5ccccc53)cc2S4)c2ccccc21. The van der Waals surface area contributed by atoms with E-state index in [0.29, 0.717) is 0 Å². The van der Waals surface area contributed by atoms with Crippen molar-refractivity contribution in [1.82, 2.24) is 0 Å². The summed E-state index contributed by atoms with van der Waals surface area (Å²) in [4.78, 5) is 10.1. The van der Waals surface area contributed by atoms with Gasteiger partial charge < -0.3 is 9.80 Å². The average molecular weight is 723 g/mol. The highest BCUT2D eigenvalue weighted by Gasteiger charge is 2.29. The summed E-state index contributed by atoms with van der Waals surface area (Å²) in [5, 5.41) is 2.74. The van der Waals surface area contributed by atoms with E-state index in [9.17, 15) is 0 Å². The Bertz CT molecular complexity index is 2670. The molecule has 0 aliphatic carbocycles. The molecule has 54 heavy (non-hydrogen) atoms. The zero-order valence-electron chi connectivity index (χ0n) is 29.0. The molecule has 0 N–H and O–H groups in total. The van der Waals surface area contributed by atoms with Crippen LogP contribution in [-0.2, 0) is 0 Å². The molecule has 8 aromatic carbocycles. The number of benzene rings is 8. The van der Waals surface area contributed by atoms with Gasteiger partial charge in [-0.15, -0.1) is 0 Å². The molecule has 8 aromatic rings. The first-order valence-electron chi connectivity index (χ1n) is 18.3. The summed E-state index contributed by atoms with van der Waals surface area (Å²) in [6.07, 6.45) is 8.94. The molecule has 4 heterocycles. The molecule has 4 aliphatic rings.